The molecule has 7 nitrogen and oxygen atoms in total. The Kier molecular flexibility index (Phi) is 5.57. The molecule has 0 unspecified atom stereocenters. The molecule has 2 aromatic rings. The van der Waals surface area contributed by atoms with Gasteiger partial charge in [-0.05, 0) is 41.5 Å². The highest BCUT2D eigenvalue weighted by atomic mass is 16.6. The normalized spacial score (nSPS) is 10.0. The van der Waals surface area contributed by atoms with Crippen molar-refractivity contribution >= 4 is 19.3 Å². The van der Waals surface area contributed by atoms with Gasteiger partial charge in [-0.2, -0.15) is 0 Å². The van der Waals surface area contributed by atoms with E-state index in [1.807, 2.05) is 0 Å². The summed E-state index contributed by atoms with van der Waals surface area (Å²) >= 11 is 0. The fourth-order valence-corrected chi connectivity index (χ4v) is 2.11. The lowest BCUT2D eigenvalue weighted by molar-refractivity contribution is 0.0599. The molecule has 0 saturated carbocycles. The average molecular weight is 330 g/mol. The molecule has 0 amide bonds. The van der Waals surface area contributed by atoms with Crippen LogP contribution in [0.5, 0.6) is 5.75 Å². The Morgan fingerprint density at radius 3 is 1.75 bits per heavy atom. The van der Waals surface area contributed by atoms with Crippen molar-refractivity contribution in [1.82, 2.24) is 0 Å². The van der Waals surface area contributed by atoms with Gasteiger partial charge >= 0.3 is 19.3 Å². The van der Waals surface area contributed by atoms with Crippen LogP contribution in [-0.2, 0) is 9.47 Å². The molecular formula is C16H15BO7. The lowest BCUT2D eigenvalue weighted by atomic mass is 9.99. The van der Waals surface area contributed by atoms with Crippen molar-refractivity contribution in [3.8, 4) is 16.9 Å². The third kappa shape index (κ3) is 4.12. The predicted octanol–water partition coefficient (Wildman–Crippen LogP) is 1.28. The molecule has 0 aromatic heterocycles. The fourth-order valence-electron chi connectivity index (χ4n) is 2.11. The maximum atomic E-state index is 11.8. The van der Waals surface area contributed by atoms with Crippen LogP contribution in [-0.4, -0.2) is 43.5 Å². The van der Waals surface area contributed by atoms with E-state index in [0.717, 1.165) is 0 Å². The lowest BCUT2D eigenvalue weighted by Gasteiger charge is -2.09. The van der Waals surface area contributed by atoms with Crippen LogP contribution in [0.3, 0.4) is 0 Å². The largest absolute Gasteiger partial charge is 0.707 e. The van der Waals surface area contributed by atoms with Gasteiger partial charge in [0.2, 0.25) is 0 Å². The first-order valence-electron chi connectivity index (χ1n) is 6.89. The zero-order valence-corrected chi connectivity index (χ0v) is 13.1. The van der Waals surface area contributed by atoms with Gasteiger partial charge in [0.15, 0.2) is 0 Å². The summed E-state index contributed by atoms with van der Waals surface area (Å²) in [5.74, 6) is -0.901. The van der Waals surface area contributed by atoms with E-state index in [1.165, 1.54) is 32.4 Å². The quantitative estimate of drug-likeness (QED) is 0.629. The Hall–Kier alpha value is -2.84. The van der Waals surface area contributed by atoms with Crippen molar-refractivity contribution in [2.24, 2.45) is 0 Å². The van der Waals surface area contributed by atoms with Gasteiger partial charge in [0, 0.05) is 0 Å². The maximum absolute atomic E-state index is 11.8. The van der Waals surface area contributed by atoms with Gasteiger partial charge in [0.1, 0.15) is 5.75 Å². The summed E-state index contributed by atoms with van der Waals surface area (Å²) in [6, 6.07) is 10.9. The smallest absolute Gasteiger partial charge is 0.512 e. The Labute approximate surface area is 138 Å². The highest BCUT2D eigenvalue weighted by Crippen LogP contribution is 2.25. The number of carbonyl (C=O) groups excluding carboxylic acids is 2. The molecule has 0 bridgehead atoms. The molecule has 0 fully saturated rings. The number of ether oxygens (including phenoxy) is 2. The van der Waals surface area contributed by atoms with E-state index in [0.29, 0.717) is 11.1 Å². The molecule has 2 aromatic carbocycles. The summed E-state index contributed by atoms with van der Waals surface area (Å²) < 4.78 is 14.1. The van der Waals surface area contributed by atoms with Crippen molar-refractivity contribution in [1.29, 1.82) is 0 Å². The minimum Gasteiger partial charge on any atom is -0.512 e. The van der Waals surface area contributed by atoms with Gasteiger partial charge in [-0.15, -0.1) is 0 Å². The third-order valence-corrected chi connectivity index (χ3v) is 3.20. The van der Waals surface area contributed by atoms with E-state index in [2.05, 4.69) is 0 Å². The van der Waals surface area contributed by atoms with Crippen molar-refractivity contribution in [2.45, 2.75) is 0 Å². The zero-order valence-electron chi connectivity index (χ0n) is 13.1. The highest BCUT2D eigenvalue weighted by Gasteiger charge is 2.15. The second-order valence-electron chi connectivity index (χ2n) is 4.75. The van der Waals surface area contributed by atoms with Gasteiger partial charge < -0.3 is 24.2 Å². The summed E-state index contributed by atoms with van der Waals surface area (Å²) in [7, 11) is 0.586. The average Bonchev–Trinajstić information content (AvgIpc) is 2.60. The summed E-state index contributed by atoms with van der Waals surface area (Å²) in [6.07, 6.45) is 0. The fraction of sp³-hybridized carbons (Fsp3) is 0.125. The zero-order chi connectivity index (χ0) is 17.7. The minimum absolute atomic E-state index is 0.210. The molecule has 24 heavy (non-hydrogen) atoms. The molecule has 0 saturated heterocycles. The molecule has 0 aliphatic carbocycles. The van der Waals surface area contributed by atoms with Crippen LogP contribution in [0.15, 0.2) is 42.5 Å². The van der Waals surface area contributed by atoms with Crippen molar-refractivity contribution in [2.75, 3.05) is 14.2 Å². The minimum atomic E-state index is -1.91. The molecule has 2 N–H and O–H groups in total. The number of hydrogen-bond acceptors (Lipinski definition) is 7. The molecular weight excluding hydrogens is 315 g/mol. The second-order valence-corrected chi connectivity index (χ2v) is 4.75. The number of benzene rings is 2. The van der Waals surface area contributed by atoms with Gasteiger partial charge in [-0.3, -0.25) is 0 Å². The third-order valence-electron chi connectivity index (χ3n) is 3.20. The summed E-state index contributed by atoms with van der Waals surface area (Å²) in [6.45, 7) is 0. The molecule has 2 rings (SSSR count). The predicted molar refractivity (Wildman–Crippen MR) is 85.4 cm³/mol. The summed E-state index contributed by atoms with van der Waals surface area (Å²) in [5.41, 5.74) is 1.70. The van der Waals surface area contributed by atoms with E-state index in [9.17, 15) is 9.59 Å². The van der Waals surface area contributed by atoms with Crippen LogP contribution >= 0.6 is 0 Å². The number of esters is 2. The maximum Gasteiger partial charge on any atom is 0.707 e. The number of methoxy groups -OCH3 is 2. The van der Waals surface area contributed by atoms with E-state index in [4.69, 9.17) is 24.2 Å². The Morgan fingerprint density at radius 2 is 1.33 bits per heavy atom. The standard InChI is InChI=1S/C16H15BO7/c1-22-15(18)12-7-11(8-13(9-12)16(19)23-2)10-3-5-14(6-4-10)24-17(20)21/h3-9,20-21H,1-2H3. The molecule has 8 heteroatoms. The monoisotopic (exact) mass is 330 g/mol. The SMILES string of the molecule is COC(=O)c1cc(C(=O)OC)cc(-c2ccc(OB(O)O)cc2)c1. The second kappa shape index (κ2) is 7.63. The molecule has 0 aliphatic rings. The van der Waals surface area contributed by atoms with Crippen LogP contribution in [0.1, 0.15) is 20.7 Å². The first kappa shape index (κ1) is 17.5. The van der Waals surface area contributed by atoms with Gasteiger partial charge in [-0.1, -0.05) is 12.1 Å². The molecule has 0 heterocycles. The molecule has 0 radical (unpaired) electrons. The van der Waals surface area contributed by atoms with Crippen molar-refractivity contribution in [3.05, 3.63) is 53.6 Å². The van der Waals surface area contributed by atoms with E-state index < -0.39 is 19.3 Å². The highest BCUT2D eigenvalue weighted by molar-refractivity contribution is 6.33. The van der Waals surface area contributed by atoms with Gasteiger partial charge in [0.05, 0.1) is 25.3 Å². The molecule has 0 spiro atoms. The molecule has 124 valence electrons. The first-order valence-corrected chi connectivity index (χ1v) is 6.89. The summed E-state index contributed by atoms with van der Waals surface area (Å²) in [4.78, 5) is 23.6. The van der Waals surface area contributed by atoms with E-state index >= 15 is 0 Å². The Morgan fingerprint density at radius 1 is 0.833 bits per heavy atom. The van der Waals surface area contributed by atoms with Gasteiger partial charge in [-0.25, -0.2) is 9.59 Å². The number of hydrogen-bond donors (Lipinski definition) is 2. The topological polar surface area (TPSA) is 102 Å². The van der Waals surface area contributed by atoms with Crippen LogP contribution in [0.4, 0.5) is 0 Å². The lowest BCUT2D eigenvalue weighted by Crippen LogP contribution is -2.20. The van der Waals surface area contributed by atoms with Crippen LogP contribution < -0.4 is 4.65 Å². The van der Waals surface area contributed by atoms with Crippen LogP contribution in [0.2, 0.25) is 0 Å². The summed E-state index contributed by atoms with van der Waals surface area (Å²) in [5, 5.41) is 17.5. The Balaban J connectivity index is 2.44. The number of carbonyl (C=O) groups is 2. The molecule has 0 atom stereocenters. The van der Waals surface area contributed by atoms with Gasteiger partial charge in [0.25, 0.3) is 0 Å². The van der Waals surface area contributed by atoms with Crippen LogP contribution in [0, 0.1) is 0 Å². The van der Waals surface area contributed by atoms with E-state index in [1.54, 1.807) is 24.3 Å². The first-order chi connectivity index (χ1) is 11.4. The Bertz CT molecular complexity index is 706. The van der Waals surface area contributed by atoms with Crippen molar-refractivity contribution < 1.29 is 33.8 Å². The van der Waals surface area contributed by atoms with Crippen LogP contribution in [0.25, 0.3) is 11.1 Å². The van der Waals surface area contributed by atoms with E-state index in [-0.39, 0.29) is 16.9 Å². The van der Waals surface area contributed by atoms with Crippen molar-refractivity contribution in [3.63, 3.8) is 0 Å². The molecule has 0 aliphatic heterocycles. The number of rotatable bonds is 5.